The van der Waals surface area contributed by atoms with Crippen molar-refractivity contribution in [2.24, 2.45) is 0 Å². The average molecular weight is 419 g/mol. The molecule has 4 rings (SSSR count). The van der Waals surface area contributed by atoms with E-state index in [1.165, 1.54) is 12.1 Å². The van der Waals surface area contributed by atoms with Gasteiger partial charge in [-0.15, -0.1) is 0 Å². The summed E-state index contributed by atoms with van der Waals surface area (Å²) in [5, 5.41) is 10.4. The third kappa shape index (κ3) is 3.65. The molecule has 28 heavy (non-hydrogen) atoms. The number of benzene rings is 2. The van der Waals surface area contributed by atoms with Gasteiger partial charge in [0.1, 0.15) is 0 Å². The summed E-state index contributed by atoms with van der Waals surface area (Å²) >= 11 is 5.93. The lowest BCUT2D eigenvalue weighted by Gasteiger charge is -2.23. The highest BCUT2D eigenvalue weighted by Gasteiger charge is 2.27. The van der Waals surface area contributed by atoms with Crippen molar-refractivity contribution in [2.75, 3.05) is 0 Å². The van der Waals surface area contributed by atoms with Crippen LogP contribution in [0.4, 0.5) is 0 Å². The fourth-order valence-electron chi connectivity index (χ4n) is 3.85. The van der Waals surface area contributed by atoms with Gasteiger partial charge in [-0.05, 0) is 48.2 Å². The second-order valence-electron chi connectivity index (χ2n) is 6.99. The summed E-state index contributed by atoms with van der Waals surface area (Å²) in [6.07, 6.45) is 3.11. The maximum Gasteiger partial charge on any atom is 0.305 e. The standard InChI is InChI=1S/C20H19ClN2O4S/c21-15-4-2-5-17(11-15)28(26,27)22-16-9-13-3-1-6-18-20(13)14(10-16)12-23(18)8-7-19(24)25/h1-6,11-12,16,22H,7-10H2,(H,24,25). The molecule has 1 aliphatic carbocycles. The van der Waals surface area contributed by atoms with Crippen molar-refractivity contribution in [3.8, 4) is 0 Å². The maximum atomic E-state index is 12.7. The third-order valence-corrected chi connectivity index (χ3v) is 6.75. The van der Waals surface area contributed by atoms with Crippen molar-refractivity contribution in [1.29, 1.82) is 0 Å². The van der Waals surface area contributed by atoms with E-state index in [-0.39, 0.29) is 17.4 Å². The second kappa shape index (κ2) is 7.24. The van der Waals surface area contributed by atoms with E-state index in [9.17, 15) is 13.2 Å². The third-order valence-electron chi connectivity index (χ3n) is 5.00. The average Bonchev–Trinajstić information content (AvgIpc) is 2.99. The van der Waals surface area contributed by atoms with E-state index in [0.717, 1.165) is 22.0 Å². The Labute approximate surface area is 167 Å². The van der Waals surface area contributed by atoms with E-state index in [4.69, 9.17) is 16.7 Å². The van der Waals surface area contributed by atoms with Crippen LogP contribution in [0.3, 0.4) is 0 Å². The Morgan fingerprint density at radius 3 is 2.68 bits per heavy atom. The number of halogens is 1. The molecule has 0 radical (unpaired) electrons. The van der Waals surface area contributed by atoms with Crippen molar-refractivity contribution in [3.63, 3.8) is 0 Å². The minimum absolute atomic E-state index is 0.0400. The van der Waals surface area contributed by atoms with Crippen LogP contribution in [0.25, 0.3) is 10.9 Å². The van der Waals surface area contributed by atoms with Crippen molar-refractivity contribution < 1.29 is 18.3 Å². The van der Waals surface area contributed by atoms with Gasteiger partial charge in [0.2, 0.25) is 10.0 Å². The van der Waals surface area contributed by atoms with Gasteiger partial charge >= 0.3 is 5.97 Å². The first-order valence-corrected chi connectivity index (χ1v) is 10.8. The molecular weight excluding hydrogens is 400 g/mol. The van der Waals surface area contributed by atoms with Gasteiger partial charge in [-0.2, -0.15) is 0 Å². The number of rotatable bonds is 6. The lowest BCUT2D eigenvalue weighted by atomic mass is 9.90. The minimum atomic E-state index is -3.69. The second-order valence-corrected chi connectivity index (χ2v) is 9.14. The summed E-state index contributed by atoms with van der Waals surface area (Å²) in [4.78, 5) is 11.1. The maximum absolute atomic E-state index is 12.7. The summed E-state index contributed by atoms with van der Waals surface area (Å²) in [6, 6.07) is 11.8. The van der Waals surface area contributed by atoms with E-state index in [1.807, 2.05) is 29.0 Å². The molecule has 1 atom stereocenters. The first-order chi connectivity index (χ1) is 13.3. The molecule has 0 bridgehead atoms. The van der Waals surface area contributed by atoms with Crippen molar-refractivity contribution in [2.45, 2.75) is 36.7 Å². The molecular formula is C20H19ClN2O4S. The number of carboxylic acids is 1. The van der Waals surface area contributed by atoms with Gasteiger partial charge in [0.05, 0.1) is 11.3 Å². The normalized spacial score (nSPS) is 16.4. The van der Waals surface area contributed by atoms with E-state index >= 15 is 0 Å². The molecule has 6 nitrogen and oxygen atoms in total. The SMILES string of the molecule is O=C(O)CCn1cc2c3c(cccc31)CC(NS(=O)(=O)c1cccc(Cl)c1)C2. The van der Waals surface area contributed by atoms with Crippen LogP contribution in [0.1, 0.15) is 17.5 Å². The molecule has 0 amide bonds. The number of aliphatic carboxylic acids is 1. The molecule has 3 aromatic rings. The Balaban J connectivity index is 1.62. The molecule has 1 aliphatic rings. The quantitative estimate of drug-likeness (QED) is 0.643. The first kappa shape index (κ1) is 19.0. The number of carbonyl (C=O) groups is 1. The summed E-state index contributed by atoms with van der Waals surface area (Å²) in [5.74, 6) is -0.846. The Morgan fingerprint density at radius 2 is 1.93 bits per heavy atom. The lowest BCUT2D eigenvalue weighted by Crippen LogP contribution is -2.39. The zero-order valence-corrected chi connectivity index (χ0v) is 16.5. The zero-order valence-electron chi connectivity index (χ0n) is 14.9. The molecule has 2 N–H and O–H groups in total. The lowest BCUT2D eigenvalue weighted by molar-refractivity contribution is -0.137. The molecule has 1 aromatic heterocycles. The van der Waals surface area contributed by atoms with Gasteiger partial charge in [0.25, 0.3) is 0 Å². The van der Waals surface area contributed by atoms with Gasteiger partial charge < -0.3 is 9.67 Å². The van der Waals surface area contributed by atoms with Crippen LogP contribution < -0.4 is 4.72 Å². The van der Waals surface area contributed by atoms with Crippen LogP contribution in [0.15, 0.2) is 53.6 Å². The van der Waals surface area contributed by atoms with Crippen molar-refractivity contribution >= 4 is 38.5 Å². The van der Waals surface area contributed by atoms with Gasteiger partial charge in [0, 0.05) is 34.7 Å². The summed E-state index contributed by atoms with van der Waals surface area (Å²) in [7, 11) is -3.69. The number of nitrogens with one attached hydrogen (secondary N) is 1. The smallest absolute Gasteiger partial charge is 0.305 e. The number of hydrogen-bond donors (Lipinski definition) is 2. The van der Waals surface area contributed by atoms with E-state index in [2.05, 4.69) is 4.72 Å². The van der Waals surface area contributed by atoms with Crippen LogP contribution >= 0.6 is 11.6 Å². The number of aromatic nitrogens is 1. The van der Waals surface area contributed by atoms with Crippen LogP contribution in [0, 0.1) is 0 Å². The van der Waals surface area contributed by atoms with E-state index in [1.54, 1.807) is 12.1 Å². The molecule has 0 spiro atoms. The highest BCUT2D eigenvalue weighted by molar-refractivity contribution is 7.89. The van der Waals surface area contributed by atoms with Crippen molar-refractivity contribution in [1.82, 2.24) is 9.29 Å². The number of aryl methyl sites for hydroxylation is 1. The van der Waals surface area contributed by atoms with E-state index in [0.29, 0.717) is 24.4 Å². The monoisotopic (exact) mass is 418 g/mol. The largest absolute Gasteiger partial charge is 0.481 e. The Bertz CT molecular complexity index is 1170. The summed E-state index contributed by atoms with van der Waals surface area (Å²) < 4.78 is 30.2. The molecule has 1 heterocycles. The zero-order chi connectivity index (χ0) is 19.9. The van der Waals surface area contributed by atoms with Crippen LogP contribution in [0.5, 0.6) is 0 Å². The summed E-state index contributed by atoms with van der Waals surface area (Å²) in [5.41, 5.74) is 3.08. The van der Waals surface area contributed by atoms with Crippen LogP contribution in [-0.2, 0) is 34.2 Å². The Morgan fingerprint density at radius 1 is 1.18 bits per heavy atom. The molecule has 2 aromatic carbocycles. The van der Waals surface area contributed by atoms with Crippen molar-refractivity contribution in [3.05, 3.63) is 64.8 Å². The Hall–Kier alpha value is -2.35. The van der Waals surface area contributed by atoms with E-state index < -0.39 is 16.0 Å². The van der Waals surface area contributed by atoms with Crippen LogP contribution in [0.2, 0.25) is 5.02 Å². The molecule has 0 saturated carbocycles. The number of carboxylic acid groups (broad SMARTS) is 1. The molecule has 8 heteroatoms. The van der Waals surface area contributed by atoms with Crippen LogP contribution in [-0.4, -0.2) is 30.1 Å². The number of hydrogen-bond acceptors (Lipinski definition) is 3. The molecule has 146 valence electrons. The Kier molecular flexibility index (Phi) is 4.91. The van der Waals surface area contributed by atoms with Gasteiger partial charge in [-0.25, -0.2) is 13.1 Å². The highest BCUT2D eigenvalue weighted by Crippen LogP contribution is 2.32. The summed E-state index contributed by atoms with van der Waals surface area (Å²) in [6.45, 7) is 0.383. The van der Waals surface area contributed by atoms with Gasteiger partial charge in [-0.1, -0.05) is 29.8 Å². The first-order valence-electron chi connectivity index (χ1n) is 8.93. The molecule has 0 fully saturated rings. The fourth-order valence-corrected chi connectivity index (χ4v) is 5.39. The molecule has 1 unspecified atom stereocenters. The number of sulfonamides is 1. The topological polar surface area (TPSA) is 88.4 Å². The number of nitrogens with zero attached hydrogens (tertiary/aromatic N) is 1. The fraction of sp³-hybridized carbons (Fsp3) is 0.250. The predicted octanol–water partition coefficient (Wildman–Crippen LogP) is 3.22. The van der Waals surface area contributed by atoms with Gasteiger partial charge in [0.15, 0.2) is 0 Å². The molecule has 0 saturated heterocycles. The molecule has 0 aliphatic heterocycles. The van der Waals surface area contributed by atoms with Gasteiger partial charge in [-0.3, -0.25) is 4.79 Å². The minimum Gasteiger partial charge on any atom is -0.481 e. The highest BCUT2D eigenvalue weighted by atomic mass is 35.5. The predicted molar refractivity (Wildman–Crippen MR) is 107 cm³/mol.